The standard InChI is InChI=1S/C9H9BrO3.C7H5BrO2/c1-12-6-13-9-4-8(10)3-2-7(9)5-11;8-6-2-1-5(4-9)7(10)3-6/h2-5H,6H2,1H3;1-4,10H. The fourth-order valence-electron chi connectivity index (χ4n) is 1.47. The molecule has 2 rings (SSSR count). The molecule has 7 heteroatoms. The number of phenolic OH excluding ortho intramolecular Hbond substituents is 1. The van der Waals surface area contributed by atoms with E-state index in [-0.39, 0.29) is 12.5 Å². The molecule has 122 valence electrons. The third-order valence-corrected chi connectivity index (χ3v) is 3.54. The Bertz CT molecular complexity index is 674. The first-order chi connectivity index (χ1) is 11.0. The van der Waals surface area contributed by atoms with E-state index in [1.165, 1.54) is 13.2 Å². The first-order valence-electron chi connectivity index (χ1n) is 6.32. The molecule has 2 aromatic rings. The maximum atomic E-state index is 10.6. The minimum atomic E-state index is 0.00405. The van der Waals surface area contributed by atoms with Gasteiger partial charge in [-0.3, -0.25) is 9.59 Å². The van der Waals surface area contributed by atoms with Gasteiger partial charge in [-0.15, -0.1) is 0 Å². The fraction of sp³-hybridized carbons (Fsp3) is 0.125. The van der Waals surface area contributed by atoms with Gasteiger partial charge in [0.25, 0.3) is 0 Å². The van der Waals surface area contributed by atoms with Gasteiger partial charge in [-0.1, -0.05) is 31.9 Å². The van der Waals surface area contributed by atoms with Gasteiger partial charge in [0.1, 0.15) is 11.5 Å². The number of ether oxygens (including phenoxy) is 2. The van der Waals surface area contributed by atoms with Crippen LogP contribution in [0.3, 0.4) is 0 Å². The Morgan fingerprint density at radius 1 is 1.00 bits per heavy atom. The Hall–Kier alpha value is -1.70. The predicted octanol–water partition coefficient (Wildman–Crippen LogP) is 4.21. The van der Waals surface area contributed by atoms with Crippen LogP contribution in [-0.2, 0) is 4.74 Å². The van der Waals surface area contributed by atoms with Crippen molar-refractivity contribution in [3.05, 3.63) is 56.5 Å². The number of halogens is 2. The molecule has 2 aromatic carbocycles. The third-order valence-electron chi connectivity index (χ3n) is 2.55. The van der Waals surface area contributed by atoms with Crippen LogP contribution in [0, 0.1) is 0 Å². The van der Waals surface area contributed by atoms with Crippen molar-refractivity contribution in [3.63, 3.8) is 0 Å². The number of aromatic hydroxyl groups is 1. The summed E-state index contributed by atoms with van der Waals surface area (Å²) in [6.07, 6.45) is 1.36. The molecule has 0 fully saturated rings. The number of hydrogen-bond donors (Lipinski definition) is 1. The summed E-state index contributed by atoms with van der Waals surface area (Å²) < 4.78 is 11.5. The van der Waals surface area contributed by atoms with E-state index in [0.717, 1.165) is 15.2 Å². The van der Waals surface area contributed by atoms with Gasteiger partial charge in [0.2, 0.25) is 0 Å². The quantitative estimate of drug-likeness (QED) is 0.551. The summed E-state index contributed by atoms with van der Waals surface area (Å²) in [6, 6.07) is 9.91. The van der Waals surface area contributed by atoms with E-state index in [9.17, 15) is 9.59 Å². The van der Waals surface area contributed by atoms with Crippen LogP contribution in [0.5, 0.6) is 11.5 Å². The topological polar surface area (TPSA) is 72.8 Å². The van der Waals surface area contributed by atoms with Crippen LogP contribution in [0.4, 0.5) is 0 Å². The third kappa shape index (κ3) is 6.52. The summed E-state index contributed by atoms with van der Waals surface area (Å²) in [5.74, 6) is 0.524. The molecule has 0 atom stereocenters. The maximum Gasteiger partial charge on any atom is 0.188 e. The van der Waals surface area contributed by atoms with Crippen LogP contribution in [0.1, 0.15) is 20.7 Å². The summed E-state index contributed by atoms with van der Waals surface area (Å²) in [5.41, 5.74) is 0.823. The van der Waals surface area contributed by atoms with Crippen molar-refractivity contribution in [2.75, 3.05) is 13.9 Å². The fourth-order valence-corrected chi connectivity index (χ4v) is 2.16. The van der Waals surface area contributed by atoms with Crippen molar-refractivity contribution in [2.45, 2.75) is 0 Å². The van der Waals surface area contributed by atoms with E-state index < -0.39 is 0 Å². The summed E-state index contributed by atoms with van der Waals surface area (Å²) >= 11 is 6.43. The molecule has 0 radical (unpaired) electrons. The Labute approximate surface area is 150 Å². The molecule has 23 heavy (non-hydrogen) atoms. The Balaban J connectivity index is 0.000000238. The zero-order valence-electron chi connectivity index (χ0n) is 12.2. The molecule has 0 aromatic heterocycles. The number of rotatable bonds is 5. The zero-order chi connectivity index (χ0) is 17.2. The first-order valence-corrected chi connectivity index (χ1v) is 7.90. The second-order valence-electron chi connectivity index (χ2n) is 4.17. The first kappa shape index (κ1) is 19.3. The maximum absolute atomic E-state index is 10.6. The van der Waals surface area contributed by atoms with Gasteiger partial charge in [0.15, 0.2) is 19.4 Å². The van der Waals surface area contributed by atoms with Gasteiger partial charge in [-0.05, 0) is 36.4 Å². The largest absolute Gasteiger partial charge is 0.507 e. The summed E-state index contributed by atoms with van der Waals surface area (Å²) in [5, 5.41) is 9.03. The van der Waals surface area contributed by atoms with Crippen LogP contribution in [0.2, 0.25) is 0 Å². The van der Waals surface area contributed by atoms with Gasteiger partial charge >= 0.3 is 0 Å². The minimum absolute atomic E-state index is 0.00405. The lowest BCUT2D eigenvalue weighted by molar-refractivity contribution is 0.0505. The van der Waals surface area contributed by atoms with Crippen LogP contribution in [0.15, 0.2) is 45.3 Å². The highest BCUT2D eigenvalue weighted by atomic mass is 79.9. The number of phenols is 1. The molecule has 0 saturated heterocycles. The van der Waals surface area contributed by atoms with Crippen LogP contribution >= 0.6 is 31.9 Å². The number of aldehydes is 2. The summed E-state index contributed by atoms with van der Waals surface area (Å²) in [4.78, 5) is 20.7. The Morgan fingerprint density at radius 2 is 1.57 bits per heavy atom. The van der Waals surface area contributed by atoms with Crippen molar-refractivity contribution in [3.8, 4) is 11.5 Å². The van der Waals surface area contributed by atoms with Crippen molar-refractivity contribution < 1.29 is 24.2 Å². The van der Waals surface area contributed by atoms with E-state index in [1.807, 2.05) is 0 Å². The van der Waals surface area contributed by atoms with Crippen LogP contribution in [-0.4, -0.2) is 31.6 Å². The molecule has 0 unspecified atom stereocenters. The van der Waals surface area contributed by atoms with E-state index in [1.54, 1.807) is 30.3 Å². The van der Waals surface area contributed by atoms with Crippen molar-refractivity contribution >= 4 is 44.4 Å². The second-order valence-corrected chi connectivity index (χ2v) is 6.00. The van der Waals surface area contributed by atoms with Crippen LogP contribution in [0.25, 0.3) is 0 Å². The number of benzene rings is 2. The van der Waals surface area contributed by atoms with E-state index in [0.29, 0.717) is 23.2 Å². The zero-order valence-corrected chi connectivity index (χ0v) is 15.3. The Kier molecular flexibility index (Phi) is 8.53. The molecular weight excluding hydrogens is 432 g/mol. The van der Waals surface area contributed by atoms with Gasteiger partial charge in [-0.25, -0.2) is 0 Å². The highest BCUT2D eigenvalue weighted by Crippen LogP contribution is 2.22. The molecule has 0 amide bonds. The minimum Gasteiger partial charge on any atom is -0.507 e. The lowest BCUT2D eigenvalue weighted by Gasteiger charge is -2.06. The molecule has 5 nitrogen and oxygen atoms in total. The molecule has 0 spiro atoms. The molecule has 0 bridgehead atoms. The van der Waals surface area contributed by atoms with E-state index in [2.05, 4.69) is 31.9 Å². The van der Waals surface area contributed by atoms with Gasteiger partial charge < -0.3 is 14.6 Å². The monoisotopic (exact) mass is 444 g/mol. The number of methoxy groups -OCH3 is 1. The van der Waals surface area contributed by atoms with Crippen LogP contribution < -0.4 is 4.74 Å². The average Bonchev–Trinajstić information content (AvgIpc) is 2.54. The molecule has 0 aliphatic carbocycles. The molecule has 0 aliphatic heterocycles. The highest BCUT2D eigenvalue weighted by Gasteiger charge is 2.02. The Morgan fingerprint density at radius 3 is 2.09 bits per heavy atom. The van der Waals surface area contributed by atoms with Crippen molar-refractivity contribution in [1.82, 2.24) is 0 Å². The lowest BCUT2D eigenvalue weighted by atomic mass is 10.2. The smallest absolute Gasteiger partial charge is 0.188 e. The normalized spacial score (nSPS) is 9.52. The second kappa shape index (κ2) is 10.1. The summed E-state index contributed by atoms with van der Waals surface area (Å²) in [7, 11) is 1.53. The van der Waals surface area contributed by atoms with Crippen molar-refractivity contribution in [1.29, 1.82) is 0 Å². The van der Waals surface area contributed by atoms with E-state index >= 15 is 0 Å². The molecule has 0 saturated carbocycles. The number of carbonyl (C=O) groups is 2. The lowest BCUT2D eigenvalue weighted by Crippen LogP contribution is -2.01. The summed E-state index contributed by atoms with van der Waals surface area (Å²) in [6.45, 7) is 0.136. The molecule has 0 aliphatic rings. The SMILES string of the molecule is COCOc1cc(Br)ccc1C=O.O=Cc1ccc(Br)cc1O. The van der Waals surface area contributed by atoms with E-state index in [4.69, 9.17) is 14.6 Å². The molecule has 0 heterocycles. The molecule has 1 N–H and O–H groups in total. The van der Waals surface area contributed by atoms with Crippen molar-refractivity contribution in [2.24, 2.45) is 0 Å². The predicted molar refractivity (Wildman–Crippen MR) is 93.2 cm³/mol. The van der Waals surface area contributed by atoms with Gasteiger partial charge in [-0.2, -0.15) is 0 Å². The number of hydrogen-bond acceptors (Lipinski definition) is 5. The van der Waals surface area contributed by atoms with Gasteiger partial charge in [0.05, 0.1) is 11.1 Å². The average molecular weight is 446 g/mol. The van der Waals surface area contributed by atoms with Gasteiger partial charge in [0, 0.05) is 16.1 Å². The number of carbonyl (C=O) groups excluding carboxylic acids is 2. The highest BCUT2D eigenvalue weighted by molar-refractivity contribution is 9.10. The molecular formula is C16H14Br2O5.